The van der Waals surface area contributed by atoms with Crippen LogP contribution in [-0.4, -0.2) is 5.78 Å². The average molecular weight is 198 g/mol. The molecular formula is C14H14O. The smallest absolute Gasteiger partial charge is 0.192 e. The molecule has 0 amide bonds. The van der Waals surface area contributed by atoms with Crippen molar-refractivity contribution in [1.29, 1.82) is 0 Å². The number of allylic oxidation sites excluding steroid dienone is 4. The number of hydrogen-bond acceptors (Lipinski definition) is 1. The lowest BCUT2D eigenvalue weighted by Gasteiger charge is -2.06. The SMILES string of the molecule is Cc1cccc(C(=O)C2=CCCC=C2)c1. The van der Waals surface area contributed by atoms with E-state index in [4.69, 9.17) is 0 Å². The van der Waals surface area contributed by atoms with Crippen molar-refractivity contribution >= 4 is 5.78 Å². The Balaban J connectivity index is 2.28. The van der Waals surface area contributed by atoms with Crippen LogP contribution in [0.2, 0.25) is 0 Å². The molecule has 0 aromatic heterocycles. The molecule has 0 saturated carbocycles. The van der Waals surface area contributed by atoms with Gasteiger partial charge >= 0.3 is 0 Å². The van der Waals surface area contributed by atoms with Crippen molar-refractivity contribution < 1.29 is 4.79 Å². The highest BCUT2D eigenvalue weighted by Crippen LogP contribution is 2.16. The number of ketones is 1. The molecule has 1 aliphatic rings. The topological polar surface area (TPSA) is 17.1 Å². The summed E-state index contributed by atoms with van der Waals surface area (Å²) >= 11 is 0. The first-order valence-electron chi connectivity index (χ1n) is 5.25. The van der Waals surface area contributed by atoms with E-state index in [1.807, 2.05) is 43.3 Å². The number of carbonyl (C=O) groups is 1. The number of benzene rings is 1. The van der Waals surface area contributed by atoms with Crippen LogP contribution in [0.4, 0.5) is 0 Å². The summed E-state index contributed by atoms with van der Waals surface area (Å²) < 4.78 is 0. The van der Waals surface area contributed by atoms with Gasteiger partial charge in [-0.15, -0.1) is 0 Å². The van der Waals surface area contributed by atoms with E-state index in [-0.39, 0.29) is 5.78 Å². The highest BCUT2D eigenvalue weighted by atomic mass is 16.1. The zero-order valence-corrected chi connectivity index (χ0v) is 8.86. The summed E-state index contributed by atoms with van der Waals surface area (Å²) in [5, 5.41) is 0. The van der Waals surface area contributed by atoms with Crippen molar-refractivity contribution in [1.82, 2.24) is 0 Å². The van der Waals surface area contributed by atoms with Gasteiger partial charge in [-0.3, -0.25) is 4.79 Å². The van der Waals surface area contributed by atoms with Crippen LogP contribution in [0.15, 0.2) is 48.1 Å². The summed E-state index contributed by atoms with van der Waals surface area (Å²) in [6.07, 6.45) is 8.02. The number of hydrogen-bond donors (Lipinski definition) is 0. The maximum Gasteiger partial charge on any atom is 0.192 e. The lowest BCUT2D eigenvalue weighted by atomic mass is 9.97. The van der Waals surface area contributed by atoms with E-state index in [0.29, 0.717) is 0 Å². The second-order valence-corrected chi connectivity index (χ2v) is 3.84. The fraction of sp³-hybridized carbons (Fsp3) is 0.214. The summed E-state index contributed by atoms with van der Waals surface area (Å²) in [7, 11) is 0. The second kappa shape index (κ2) is 4.26. The fourth-order valence-corrected chi connectivity index (χ4v) is 1.73. The molecule has 0 unspecified atom stereocenters. The minimum absolute atomic E-state index is 0.134. The van der Waals surface area contributed by atoms with E-state index < -0.39 is 0 Å². The molecule has 1 aromatic carbocycles. The lowest BCUT2D eigenvalue weighted by Crippen LogP contribution is -2.03. The maximum atomic E-state index is 12.0. The van der Waals surface area contributed by atoms with Crippen molar-refractivity contribution in [3.05, 3.63) is 59.2 Å². The lowest BCUT2D eigenvalue weighted by molar-refractivity contribution is 0.103. The van der Waals surface area contributed by atoms with Gasteiger partial charge in [-0.1, -0.05) is 42.0 Å². The van der Waals surface area contributed by atoms with E-state index in [2.05, 4.69) is 6.08 Å². The molecule has 0 aliphatic heterocycles. The van der Waals surface area contributed by atoms with Crippen LogP contribution >= 0.6 is 0 Å². The largest absolute Gasteiger partial charge is 0.289 e. The molecule has 0 fully saturated rings. The van der Waals surface area contributed by atoms with Gasteiger partial charge in [0.05, 0.1) is 0 Å². The average Bonchev–Trinajstić information content (AvgIpc) is 2.29. The Morgan fingerprint density at radius 2 is 2.13 bits per heavy atom. The Bertz CT molecular complexity index is 438. The molecule has 15 heavy (non-hydrogen) atoms. The van der Waals surface area contributed by atoms with Crippen LogP contribution < -0.4 is 0 Å². The van der Waals surface area contributed by atoms with Crippen molar-refractivity contribution in [2.24, 2.45) is 0 Å². The zero-order valence-electron chi connectivity index (χ0n) is 8.86. The quantitative estimate of drug-likeness (QED) is 0.665. The van der Waals surface area contributed by atoms with E-state index in [1.165, 1.54) is 0 Å². The normalized spacial score (nSPS) is 14.9. The van der Waals surface area contributed by atoms with E-state index >= 15 is 0 Å². The van der Waals surface area contributed by atoms with Gasteiger partial charge in [-0.2, -0.15) is 0 Å². The number of rotatable bonds is 2. The number of aryl methyl sites for hydroxylation is 1. The molecule has 1 aromatic rings. The van der Waals surface area contributed by atoms with E-state index in [0.717, 1.165) is 29.5 Å². The molecule has 0 saturated heterocycles. The molecule has 76 valence electrons. The molecule has 1 heteroatoms. The van der Waals surface area contributed by atoms with Crippen molar-refractivity contribution in [3.63, 3.8) is 0 Å². The molecule has 0 spiro atoms. The Labute approximate surface area is 90.1 Å². The molecule has 1 aliphatic carbocycles. The summed E-state index contributed by atoms with van der Waals surface area (Å²) in [5.41, 5.74) is 2.74. The van der Waals surface area contributed by atoms with E-state index in [1.54, 1.807) is 0 Å². The second-order valence-electron chi connectivity index (χ2n) is 3.84. The highest BCUT2D eigenvalue weighted by molar-refractivity contribution is 6.10. The Morgan fingerprint density at radius 3 is 2.80 bits per heavy atom. The van der Waals surface area contributed by atoms with E-state index in [9.17, 15) is 4.79 Å². The minimum atomic E-state index is 0.134. The van der Waals surface area contributed by atoms with Crippen molar-refractivity contribution in [2.45, 2.75) is 19.8 Å². The van der Waals surface area contributed by atoms with Crippen LogP contribution in [0.1, 0.15) is 28.8 Å². The van der Waals surface area contributed by atoms with Gasteiger partial charge in [-0.05, 0) is 25.8 Å². The Hall–Kier alpha value is -1.63. The molecule has 0 N–H and O–H groups in total. The van der Waals surface area contributed by atoms with Crippen LogP contribution in [0.25, 0.3) is 0 Å². The zero-order chi connectivity index (χ0) is 10.7. The molecular weight excluding hydrogens is 184 g/mol. The van der Waals surface area contributed by atoms with Crippen LogP contribution in [-0.2, 0) is 0 Å². The first-order valence-corrected chi connectivity index (χ1v) is 5.25. The minimum Gasteiger partial charge on any atom is -0.289 e. The third-order valence-electron chi connectivity index (χ3n) is 2.54. The molecule has 1 nitrogen and oxygen atoms in total. The first-order chi connectivity index (χ1) is 7.27. The van der Waals surface area contributed by atoms with Gasteiger partial charge in [0, 0.05) is 11.1 Å². The van der Waals surface area contributed by atoms with Crippen molar-refractivity contribution in [3.8, 4) is 0 Å². The predicted octanol–water partition coefficient (Wildman–Crippen LogP) is 3.45. The summed E-state index contributed by atoms with van der Waals surface area (Å²) in [6.45, 7) is 2.00. The monoisotopic (exact) mass is 198 g/mol. The van der Waals surface area contributed by atoms with Gasteiger partial charge in [0.25, 0.3) is 0 Å². The van der Waals surface area contributed by atoms with Crippen LogP contribution in [0.5, 0.6) is 0 Å². The molecule has 0 bridgehead atoms. The fourth-order valence-electron chi connectivity index (χ4n) is 1.73. The number of carbonyl (C=O) groups excluding carboxylic acids is 1. The van der Waals surface area contributed by atoms with Crippen LogP contribution in [0, 0.1) is 6.92 Å². The molecule has 2 rings (SSSR count). The highest BCUT2D eigenvalue weighted by Gasteiger charge is 2.10. The van der Waals surface area contributed by atoms with Gasteiger partial charge in [-0.25, -0.2) is 0 Å². The van der Waals surface area contributed by atoms with Gasteiger partial charge in [0.1, 0.15) is 0 Å². The summed E-state index contributed by atoms with van der Waals surface area (Å²) in [6, 6.07) is 7.74. The molecule has 0 heterocycles. The van der Waals surface area contributed by atoms with Gasteiger partial charge in [0.2, 0.25) is 0 Å². The number of Topliss-reactive ketones (excluding diaryl/α,β-unsaturated/α-hetero) is 1. The van der Waals surface area contributed by atoms with Gasteiger partial charge < -0.3 is 0 Å². The third-order valence-corrected chi connectivity index (χ3v) is 2.54. The summed E-state index contributed by atoms with van der Waals surface area (Å²) in [5.74, 6) is 0.134. The van der Waals surface area contributed by atoms with Crippen molar-refractivity contribution in [2.75, 3.05) is 0 Å². The van der Waals surface area contributed by atoms with Crippen LogP contribution in [0.3, 0.4) is 0 Å². The molecule has 0 radical (unpaired) electrons. The third kappa shape index (κ3) is 2.24. The van der Waals surface area contributed by atoms with Gasteiger partial charge in [0.15, 0.2) is 5.78 Å². The summed E-state index contributed by atoms with van der Waals surface area (Å²) in [4.78, 5) is 12.0. The first kappa shape index (κ1) is 9.91. The molecule has 0 atom stereocenters. The predicted molar refractivity (Wildman–Crippen MR) is 62.0 cm³/mol. The standard InChI is InChI=1S/C14H14O/c1-11-6-5-9-13(10-11)14(15)12-7-3-2-4-8-12/h3,5-10H,2,4H2,1H3. The Morgan fingerprint density at radius 1 is 1.27 bits per heavy atom. The Kier molecular flexibility index (Phi) is 2.82. The maximum absolute atomic E-state index is 12.0.